The van der Waals surface area contributed by atoms with Gasteiger partial charge in [-0.25, -0.2) is 8.78 Å². The van der Waals surface area contributed by atoms with E-state index in [0.29, 0.717) is 25.9 Å². The highest BCUT2D eigenvalue weighted by Gasteiger charge is 2.27. The summed E-state index contributed by atoms with van der Waals surface area (Å²) in [5, 5.41) is 2.80. The summed E-state index contributed by atoms with van der Waals surface area (Å²) in [5.41, 5.74) is 1.20. The van der Waals surface area contributed by atoms with Crippen LogP contribution in [-0.2, 0) is 9.59 Å². The standard InChI is InChI=1S/C23H24F2N2O2/c1-16(20-9-8-19(24)15-21(20)25)26-23(29)18-11-13-27(14-12-18)22(28)10-7-17-5-3-2-4-6-17/h2-10,15-16,18H,11-14H2,1H3,(H,26,29)/b10-7+. The Morgan fingerprint density at radius 3 is 2.45 bits per heavy atom. The molecule has 152 valence electrons. The minimum Gasteiger partial charge on any atom is -0.349 e. The fraction of sp³-hybridized carbons (Fsp3) is 0.304. The normalized spacial score (nSPS) is 16.0. The second-order valence-corrected chi connectivity index (χ2v) is 7.24. The number of likely N-dealkylation sites (tertiary alicyclic amines) is 1. The van der Waals surface area contributed by atoms with Crippen molar-refractivity contribution in [3.8, 4) is 0 Å². The van der Waals surface area contributed by atoms with Crippen LogP contribution in [0.5, 0.6) is 0 Å². The molecule has 1 atom stereocenters. The molecule has 0 aliphatic carbocycles. The van der Waals surface area contributed by atoms with Gasteiger partial charge in [-0.2, -0.15) is 0 Å². The first-order chi connectivity index (χ1) is 13.9. The van der Waals surface area contributed by atoms with Crippen molar-refractivity contribution in [1.29, 1.82) is 0 Å². The summed E-state index contributed by atoms with van der Waals surface area (Å²) in [5.74, 6) is -1.81. The minimum absolute atomic E-state index is 0.0746. The SMILES string of the molecule is CC(NC(=O)C1CCN(C(=O)/C=C/c2ccccc2)CC1)c1ccc(F)cc1F. The van der Waals surface area contributed by atoms with Crippen LogP contribution in [0, 0.1) is 17.6 Å². The molecule has 1 fully saturated rings. The molecule has 0 radical (unpaired) electrons. The molecule has 3 rings (SSSR count). The third-order valence-corrected chi connectivity index (χ3v) is 5.18. The van der Waals surface area contributed by atoms with E-state index >= 15 is 0 Å². The Kier molecular flexibility index (Phi) is 6.75. The molecular weight excluding hydrogens is 374 g/mol. The highest BCUT2D eigenvalue weighted by atomic mass is 19.1. The molecule has 1 unspecified atom stereocenters. The van der Waals surface area contributed by atoms with Crippen LogP contribution in [0.15, 0.2) is 54.6 Å². The number of hydrogen-bond donors (Lipinski definition) is 1. The number of carbonyl (C=O) groups is 2. The summed E-state index contributed by atoms with van der Waals surface area (Å²) in [4.78, 5) is 26.6. The number of halogens is 2. The third kappa shape index (κ3) is 5.50. The van der Waals surface area contributed by atoms with Crippen molar-refractivity contribution in [3.63, 3.8) is 0 Å². The average Bonchev–Trinajstić information content (AvgIpc) is 2.72. The molecule has 0 saturated carbocycles. The molecule has 0 spiro atoms. The number of benzene rings is 2. The molecule has 2 aromatic rings. The molecule has 1 heterocycles. The predicted octanol–water partition coefficient (Wildman–Crippen LogP) is 4.09. The van der Waals surface area contributed by atoms with Crippen molar-refractivity contribution in [1.82, 2.24) is 10.2 Å². The van der Waals surface area contributed by atoms with Crippen LogP contribution in [0.25, 0.3) is 6.08 Å². The Balaban J connectivity index is 1.50. The number of nitrogens with zero attached hydrogens (tertiary/aromatic N) is 1. The molecule has 0 bridgehead atoms. The van der Waals surface area contributed by atoms with Crippen LogP contribution in [0.2, 0.25) is 0 Å². The number of carbonyl (C=O) groups excluding carboxylic acids is 2. The highest BCUT2D eigenvalue weighted by molar-refractivity contribution is 5.92. The Labute approximate surface area is 169 Å². The minimum atomic E-state index is -0.677. The lowest BCUT2D eigenvalue weighted by Gasteiger charge is -2.31. The van der Waals surface area contributed by atoms with Gasteiger partial charge in [-0.1, -0.05) is 36.4 Å². The largest absolute Gasteiger partial charge is 0.349 e. The summed E-state index contributed by atoms with van der Waals surface area (Å²) in [7, 11) is 0. The molecule has 1 aliphatic rings. The average molecular weight is 398 g/mol. The number of rotatable bonds is 5. The quantitative estimate of drug-likeness (QED) is 0.771. The monoisotopic (exact) mass is 398 g/mol. The smallest absolute Gasteiger partial charge is 0.246 e. The summed E-state index contributed by atoms with van der Waals surface area (Å²) < 4.78 is 26.9. The molecule has 0 aromatic heterocycles. The summed E-state index contributed by atoms with van der Waals surface area (Å²) >= 11 is 0. The van der Waals surface area contributed by atoms with E-state index in [0.717, 1.165) is 11.6 Å². The van der Waals surface area contributed by atoms with Crippen LogP contribution in [0.3, 0.4) is 0 Å². The van der Waals surface area contributed by atoms with Gasteiger partial charge in [-0.15, -0.1) is 0 Å². The van der Waals surface area contributed by atoms with Gasteiger partial charge in [0.15, 0.2) is 0 Å². The molecule has 29 heavy (non-hydrogen) atoms. The zero-order valence-corrected chi connectivity index (χ0v) is 16.3. The van der Waals surface area contributed by atoms with E-state index in [-0.39, 0.29) is 23.3 Å². The van der Waals surface area contributed by atoms with E-state index in [1.54, 1.807) is 24.0 Å². The molecule has 2 aromatic carbocycles. The number of nitrogens with one attached hydrogen (secondary N) is 1. The topological polar surface area (TPSA) is 49.4 Å². The van der Waals surface area contributed by atoms with Gasteiger partial charge in [0.1, 0.15) is 11.6 Å². The van der Waals surface area contributed by atoms with E-state index in [9.17, 15) is 18.4 Å². The van der Waals surface area contributed by atoms with Crippen molar-refractivity contribution in [2.24, 2.45) is 5.92 Å². The summed E-state index contributed by atoms with van der Waals surface area (Å²) in [6, 6.07) is 12.4. The molecule has 2 amide bonds. The zero-order valence-electron chi connectivity index (χ0n) is 16.3. The second-order valence-electron chi connectivity index (χ2n) is 7.24. The fourth-order valence-corrected chi connectivity index (χ4v) is 3.46. The van der Waals surface area contributed by atoms with Crippen LogP contribution in [0.4, 0.5) is 8.78 Å². The van der Waals surface area contributed by atoms with Gasteiger partial charge in [-0.05, 0) is 37.5 Å². The molecule has 1 N–H and O–H groups in total. The van der Waals surface area contributed by atoms with E-state index in [2.05, 4.69) is 5.32 Å². The number of hydrogen-bond acceptors (Lipinski definition) is 2. The molecule has 1 aliphatic heterocycles. The first kappa shape index (κ1) is 20.7. The van der Waals surface area contributed by atoms with Gasteiger partial charge in [0, 0.05) is 36.7 Å². The third-order valence-electron chi connectivity index (χ3n) is 5.18. The van der Waals surface area contributed by atoms with Crippen molar-refractivity contribution in [2.75, 3.05) is 13.1 Å². The Hall–Kier alpha value is -3.02. The lowest BCUT2D eigenvalue weighted by molar-refractivity contribution is -0.132. The highest BCUT2D eigenvalue weighted by Crippen LogP contribution is 2.22. The maximum atomic E-state index is 13.9. The molecule has 6 heteroatoms. The number of amides is 2. The fourth-order valence-electron chi connectivity index (χ4n) is 3.46. The van der Waals surface area contributed by atoms with Gasteiger partial charge >= 0.3 is 0 Å². The number of piperidine rings is 1. The van der Waals surface area contributed by atoms with Crippen molar-refractivity contribution in [3.05, 3.63) is 77.4 Å². The van der Waals surface area contributed by atoms with Gasteiger partial charge in [0.2, 0.25) is 11.8 Å². The Bertz CT molecular complexity index is 891. The zero-order chi connectivity index (χ0) is 20.8. The van der Waals surface area contributed by atoms with Crippen LogP contribution in [-0.4, -0.2) is 29.8 Å². The van der Waals surface area contributed by atoms with Crippen LogP contribution < -0.4 is 5.32 Å². The lowest BCUT2D eigenvalue weighted by Crippen LogP contribution is -2.43. The van der Waals surface area contributed by atoms with Gasteiger partial charge in [0.05, 0.1) is 6.04 Å². The Morgan fingerprint density at radius 1 is 1.10 bits per heavy atom. The Morgan fingerprint density at radius 2 is 1.79 bits per heavy atom. The van der Waals surface area contributed by atoms with E-state index in [4.69, 9.17) is 0 Å². The van der Waals surface area contributed by atoms with Crippen molar-refractivity contribution < 1.29 is 18.4 Å². The lowest BCUT2D eigenvalue weighted by atomic mass is 9.95. The van der Waals surface area contributed by atoms with Crippen LogP contribution >= 0.6 is 0 Å². The van der Waals surface area contributed by atoms with Crippen LogP contribution in [0.1, 0.15) is 36.9 Å². The molecule has 1 saturated heterocycles. The maximum absolute atomic E-state index is 13.9. The van der Waals surface area contributed by atoms with Crippen molar-refractivity contribution >= 4 is 17.9 Å². The van der Waals surface area contributed by atoms with E-state index in [1.807, 2.05) is 30.3 Å². The predicted molar refractivity (Wildman–Crippen MR) is 108 cm³/mol. The summed E-state index contributed by atoms with van der Waals surface area (Å²) in [6.07, 6.45) is 4.43. The van der Waals surface area contributed by atoms with Gasteiger partial charge < -0.3 is 10.2 Å². The van der Waals surface area contributed by atoms with Gasteiger partial charge in [0.25, 0.3) is 0 Å². The first-order valence-electron chi connectivity index (χ1n) is 9.71. The van der Waals surface area contributed by atoms with Gasteiger partial charge in [-0.3, -0.25) is 9.59 Å². The van der Waals surface area contributed by atoms with E-state index < -0.39 is 17.7 Å². The maximum Gasteiger partial charge on any atom is 0.246 e. The molecular formula is C23H24F2N2O2. The summed E-state index contributed by atoms with van der Waals surface area (Å²) in [6.45, 7) is 2.66. The second kappa shape index (κ2) is 9.45. The van der Waals surface area contributed by atoms with Crippen molar-refractivity contribution in [2.45, 2.75) is 25.8 Å². The first-order valence-corrected chi connectivity index (χ1v) is 9.71. The molecule has 4 nitrogen and oxygen atoms in total. The van der Waals surface area contributed by atoms with E-state index in [1.165, 1.54) is 12.1 Å².